The van der Waals surface area contributed by atoms with Crippen molar-refractivity contribution >= 4 is 5.97 Å². The van der Waals surface area contributed by atoms with Crippen LogP contribution in [0.1, 0.15) is 49.7 Å². The maximum atomic E-state index is 11.0. The second kappa shape index (κ2) is 10.4. The highest BCUT2D eigenvalue weighted by Gasteiger charge is 2.01. The highest BCUT2D eigenvalue weighted by atomic mass is 16.5. The van der Waals surface area contributed by atoms with Gasteiger partial charge in [-0.25, -0.2) is 0 Å². The first kappa shape index (κ1) is 16.7. The minimum Gasteiger partial charge on any atom is -0.469 e. The van der Waals surface area contributed by atoms with Gasteiger partial charge in [0.15, 0.2) is 0 Å². The lowest BCUT2D eigenvalue weighted by Crippen LogP contribution is -2.00. The molecule has 0 radical (unpaired) electrons. The maximum Gasteiger partial charge on any atom is 0.305 e. The fraction of sp³-hybridized carbons (Fsp3) is 0.588. The molecule has 0 aliphatic carbocycles. The highest BCUT2D eigenvalue weighted by molar-refractivity contribution is 5.69. The van der Waals surface area contributed by atoms with Crippen molar-refractivity contribution in [2.75, 3.05) is 13.7 Å². The van der Waals surface area contributed by atoms with E-state index in [-0.39, 0.29) is 5.97 Å². The lowest BCUT2D eigenvalue weighted by atomic mass is 10.0. The Hall–Kier alpha value is -1.35. The minimum atomic E-state index is -0.126. The number of aryl methyl sites for hydroxylation is 2. The van der Waals surface area contributed by atoms with Crippen LogP contribution in [-0.4, -0.2) is 19.6 Å². The van der Waals surface area contributed by atoms with E-state index in [0.717, 1.165) is 32.2 Å². The largest absolute Gasteiger partial charge is 0.469 e. The van der Waals surface area contributed by atoms with E-state index >= 15 is 0 Å². The smallest absolute Gasteiger partial charge is 0.305 e. The number of methoxy groups -OCH3 is 1. The predicted octanol–water partition coefficient (Wildman–Crippen LogP) is 3.24. The normalized spacial score (nSPS) is 10.5. The van der Waals surface area contributed by atoms with Gasteiger partial charge in [0.2, 0.25) is 0 Å². The van der Waals surface area contributed by atoms with Crippen molar-refractivity contribution < 1.29 is 9.53 Å². The zero-order valence-corrected chi connectivity index (χ0v) is 12.6. The molecule has 0 aliphatic heterocycles. The second-order valence-corrected chi connectivity index (χ2v) is 5.20. The van der Waals surface area contributed by atoms with Crippen molar-refractivity contribution in [1.29, 1.82) is 0 Å². The molecule has 0 fully saturated rings. The van der Waals surface area contributed by atoms with E-state index in [4.69, 9.17) is 5.73 Å². The van der Waals surface area contributed by atoms with Crippen LogP contribution in [0.3, 0.4) is 0 Å². The molecule has 0 amide bonds. The molecule has 1 aromatic carbocycles. The fourth-order valence-electron chi connectivity index (χ4n) is 2.24. The molecule has 0 heterocycles. The summed E-state index contributed by atoms with van der Waals surface area (Å²) in [5.41, 5.74) is 8.17. The number of benzene rings is 1. The second-order valence-electron chi connectivity index (χ2n) is 5.20. The van der Waals surface area contributed by atoms with Crippen LogP contribution in [0.5, 0.6) is 0 Å². The van der Waals surface area contributed by atoms with Crippen molar-refractivity contribution in [2.45, 2.75) is 51.4 Å². The van der Waals surface area contributed by atoms with Crippen LogP contribution >= 0.6 is 0 Å². The third kappa shape index (κ3) is 7.29. The Balaban J connectivity index is 2.21. The highest BCUT2D eigenvalue weighted by Crippen LogP contribution is 2.11. The van der Waals surface area contributed by atoms with E-state index in [1.807, 2.05) is 0 Å². The van der Waals surface area contributed by atoms with Gasteiger partial charge in [-0.15, -0.1) is 0 Å². The van der Waals surface area contributed by atoms with Gasteiger partial charge in [-0.3, -0.25) is 4.79 Å². The van der Waals surface area contributed by atoms with Gasteiger partial charge in [-0.2, -0.15) is 0 Å². The molecule has 3 nitrogen and oxygen atoms in total. The topological polar surface area (TPSA) is 52.3 Å². The Morgan fingerprint density at radius 1 is 0.950 bits per heavy atom. The molecule has 1 rings (SSSR count). The molecule has 0 atom stereocenters. The van der Waals surface area contributed by atoms with Crippen LogP contribution in [0.4, 0.5) is 0 Å². The number of hydrogen-bond acceptors (Lipinski definition) is 3. The van der Waals surface area contributed by atoms with Crippen molar-refractivity contribution in [3.05, 3.63) is 35.4 Å². The molecule has 0 aliphatic rings. The summed E-state index contributed by atoms with van der Waals surface area (Å²) in [6.45, 7) is 0.806. The fourth-order valence-corrected chi connectivity index (χ4v) is 2.24. The van der Waals surface area contributed by atoms with Gasteiger partial charge in [0.05, 0.1) is 7.11 Å². The summed E-state index contributed by atoms with van der Waals surface area (Å²) < 4.78 is 4.63. The third-order valence-corrected chi connectivity index (χ3v) is 3.52. The van der Waals surface area contributed by atoms with Gasteiger partial charge in [0, 0.05) is 6.42 Å². The van der Waals surface area contributed by atoms with E-state index in [2.05, 4.69) is 29.0 Å². The molecular formula is C17H27NO2. The zero-order valence-electron chi connectivity index (χ0n) is 12.6. The Labute approximate surface area is 122 Å². The summed E-state index contributed by atoms with van der Waals surface area (Å²) >= 11 is 0. The molecule has 0 aromatic heterocycles. The summed E-state index contributed by atoms with van der Waals surface area (Å²) in [7, 11) is 1.44. The number of rotatable bonds is 10. The van der Waals surface area contributed by atoms with Gasteiger partial charge >= 0.3 is 5.97 Å². The van der Waals surface area contributed by atoms with Crippen molar-refractivity contribution in [3.8, 4) is 0 Å². The summed E-state index contributed by atoms with van der Waals surface area (Å²) in [6, 6.07) is 8.76. The minimum absolute atomic E-state index is 0.126. The molecule has 0 saturated heterocycles. The van der Waals surface area contributed by atoms with Gasteiger partial charge in [0.1, 0.15) is 0 Å². The molecular weight excluding hydrogens is 250 g/mol. The summed E-state index contributed by atoms with van der Waals surface area (Å²) in [5, 5.41) is 0. The number of carbonyl (C=O) groups is 1. The average Bonchev–Trinajstić information content (AvgIpc) is 2.48. The zero-order chi connectivity index (χ0) is 14.6. The van der Waals surface area contributed by atoms with Crippen LogP contribution in [0.15, 0.2) is 24.3 Å². The van der Waals surface area contributed by atoms with Gasteiger partial charge < -0.3 is 10.5 Å². The van der Waals surface area contributed by atoms with Crippen LogP contribution < -0.4 is 5.73 Å². The third-order valence-electron chi connectivity index (χ3n) is 3.52. The van der Waals surface area contributed by atoms with Crippen LogP contribution in [0, 0.1) is 0 Å². The van der Waals surface area contributed by atoms with Crippen molar-refractivity contribution in [2.24, 2.45) is 5.73 Å². The summed E-state index contributed by atoms with van der Waals surface area (Å²) in [4.78, 5) is 11.0. The Bertz CT molecular complexity index is 373. The number of carbonyl (C=O) groups excluding carboxylic acids is 1. The molecule has 20 heavy (non-hydrogen) atoms. The Morgan fingerprint density at radius 3 is 2.05 bits per heavy atom. The van der Waals surface area contributed by atoms with E-state index in [9.17, 15) is 4.79 Å². The number of hydrogen-bond donors (Lipinski definition) is 1. The van der Waals surface area contributed by atoms with Crippen LogP contribution in [0.2, 0.25) is 0 Å². The Morgan fingerprint density at radius 2 is 1.50 bits per heavy atom. The molecule has 0 spiro atoms. The Kier molecular flexibility index (Phi) is 8.72. The maximum absolute atomic E-state index is 11.0. The van der Waals surface area contributed by atoms with Crippen molar-refractivity contribution in [3.63, 3.8) is 0 Å². The molecule has 112 valence electrons. The van der Waals surface area contributed by atoms with E-state index < -0.39 is 0 Å². The average molecular weight is 277 g/mol. The van der Waals surface area contributed by atoms with Crippen LogP contribution in [0.25, 0.3) is 0 Å². The molecule has 0 unspecified atom stereocenters. The lowest BCUT2D eigenvalue weighted by Gasteiger charge is -2.04. The SMILES string of the molecule is COC(=O)CCCc1ccc(CCCCCCN)cc1. The van der Waals surface area contributed by atoms with Gasteiger partial charge in [-0.1, -0.05) is 37.1 Å². The van der Waals surface area contributed by atoms with E-state index in [1.165, 1.54) is 37.5 Å². The number of ether oxygens (including phenoxy) is 1. The lowest BCUT2D eigenvalue weighted by molar-refractivity contribution is -0.140. The monoisotopic (exact) mass is 277 g/mol. The first-order valence-corrected chi connectivity index (χ1v) is 7.61. The quantitative estimate of drug-likeness (QED) is 0.527. The number of esters is 1. The van der Waals surface area contributed by atoms with E-state index in [1.54, 1.807) is 0 Å². The first-order chi connectivity index (χ1) is 9.76. The summed E-state index contributed by atoms with van der Waals surface area (Å²) in [6.07, 6.45) is 8.31. The van der Waals surface area contributed by atoms with Crippen molar-refractivity contribution in [1.82, 2.24) is 0 Å². The molecule has 2 N–H and O–H groups in total. The van der Waals surface area contributed by atoms with Gasteiger partial charge in [0.25, 0.3) is 0 Å². The standard InChI is InChI=1S/C17H27NO2/c1-20-17(19)9-6-8-16-12-10-15(11-13-16)7-4-2-3-5-14-18/h10-13H,2-9,14,18H2,1H3. The molecule has 1 aromatic rings. The first-order valence-electron chi connectivity index (χ1n) is 7.61. The van der Waals surface area contributed by atoms with Gasteiger partial charge in [-0.05, 0) is 49.8 Å². The molecule has 0 saturated carbocycles. The number of nitrogens with two attached hydrogens (primary N) is 1. The van der Waals surface area contributed by atoms with Crippen LogP contribution in [-0.2, 0) is 22.4 Å². The molecule has 3 heteroatoms. The molecule has 0 bridgehead atoms. The number of unbranched alkanes of at least 4 members (excludes halogenated alkanes) is 3. The predicted molar refractivity (Wildman–Crippen MR) is 82.6 cm³/mol. The summed E-state index contributed by atoms with van der Waals surface area (Å²) in [5.74, 6) is -0.126. The van der Waals surface area contributed by atoms with E-state index in [0.29, 0.717) is 6.42 Å².